The minimum Gasteiger partial charge on any atom is -0.411 e. The van der Waals surface area contributed by atoms with Gasteiger partial charge in [-0.3, -0.25) is 4.68 Å². The van der Waals surface area contributed by atoms with Crippen LogP contribution in [0, 0.1) is 0 Å². The summed E-state index contributed by atoms with van der Waals surface area (Å²) in [6.07, 6.45) is 8.10. The van der Waals surface area contributed by atoms with Crippen LogP contribution in [0.2, 0.25) is 0 Å². The summed E-state index contributed by atoms with van der Waals surface area (Å²) in [6, 6.07) is 10.9. The van der Waals surface area contributed by atoms with Gasteiger partial charge in [0.1, 0.15) is 5.69 Å². The molecule has 24 heavy (non-hydrogen) atoms. The maximum absolute atomic E-state index is 8.79. The average Bonchev–Trinajstić information content (AvgIpc) is 3.01. The third kappa shape index (κ3) is 3.53. The van der Waals surface area contributed by atoms with Crippen molar-refractivity contribution in [1.29, 1.82) is 0 Å². The molecule has 1 N–H and O–H groups in total. The number of hydrogen-bond acceptors (Lipinski definition) is 3. The van der Waals surface area contributed by atoms with Crippen LogP contribution in [-0.4, -0.2) is 21.2 Å². The summed E-state index contributed by atoms with van der Waals surface area (Å²) in [5.41, 5.74) is 4.18. The maximum atomic E-state index is 8.79. The van der Waals surface area contributed by atoms with Crippen LogP contribution in [0.25, 0.3) is 11.3 Å². The summed E-state index contributed by atoms with van der Waals surface area (Å²) in [5, 5.41) is 16.5. The number of nitrogens with zero attached hydrogens (tertiary/aromatic N) is 3. The van der Waals surface area contributed by atoms with Crippen LogP contribution < -0.4 is 0 Å². The van der Waals surface area contributed by atoms with E-state index in [1.165, 1.54) is 43.9 Å². The SMILES string of the molecule is CC(C)(C)n1nc(C=NO)cc1-c1ccc(C2CCCCC2)cc1. The van der Waals surface area contributed by atoms with E-state index in [1.54, 1.807) is 0 Å². The Morgan fingerprint density at radius 2 is 1.79 bits per heavy atom. The second kappa shape index (κ2) is 6.80. The molecule has 1 saturated carbocycles. The Hall–Kier alpha value is -2.10. The van der Waals surface area contributed by atoms with Crippen molar-refractivity contribution < 1.29 is 5.21 Å². The van der Waals surface area contributed by atoms with Crippen molar-refractivity contribution in [3.63, 3.8) is 0 Å². The largest absolute Gasteiger partial charge is 0.411 e. The van der Waals surface area contributed by atoms with E-state index in [0.29, 0.717) is 5.69 Å². The predicted octanol–water partition coefficient (Wildman–Crippen LogP) is 5.16. The molecule has 1 heterocycles. The summed E-state index contributed by atoms with van der Waals surface area (Å²) in [5.74, 6) is 0.720. The van der Waals surface area contributed by atoms with Crippen LogP contribution in [0.3, 0.4) is 0 Å². The lowest BCUT2D eigenvalue weighted by atomic mass is 9.84. The van der Waals surface area contributed by atoms with E-state index < -0.39 is 0 Å². The molecule has 2 aromatic rings. The van der Waals surface area contributed by atoms with Crippen molar-refractivity contribution in [2.45, 2.75) is 64.3 Å². The quantitative estimate of drug-likeness (QED) is 0.481. The highest BCUT2D eigenvalue weighted by molar-refractivity contribution is 5.79. The van der Waals surface area contributed by atoms with Crippen LogP contribution in [0.5, 0.6) is 0 Å². The van der Waals surface area contributed by atoms with Gasteiger partial charge in [0.25, 0.3) is 0 Å². The molecule has 4 heteroatoms. The zero-order chi connectivity index (χ0) is 17.2. The predicted molar refractivity (Wildman–Crippen MR) is 97.9 cm³/mol. The number of oxime groups is 1. The van der Waals surface area contributed by atoms with Gasteiger partial charge in [-0.05, 0) is 56.7 Å². The zero-order valence-electron chi connectivity index (χ0n) is 14.9. The Bertz CT molecular complexity index is 701. The first-order valence-electron chi connectivity index (χ1n) is 8.87. The number of hydrogen-bond donors (Lipinski definition) is 1. The number of rotatable bonds is 3. The normalized spacial score (nSPS) is 16.8. The van der Waals surface area contributed by atoms with Gasteiger partial charge >= 0.3 is 0 Å². The van der Waals surface area contributed by atoms with Gasteiger partial charge in [-0.2, -0.15) is 5.10 Å². The van der Waals surface area contributed by atoms with Gasteiger partial charge in [-0.25, -0.2) is 0 Å². The third-order valence-electron chi connectivity index (χ3n) is 4.84. The first kappa shape index (κ1) is 16.7. The molecule has 0 atom stereocenters. The zero-order valence-corrected chi connectivity index (χ0v) is 14.9. The van der Waals surface area contributed by atoms with E-state index in [4.69, 9.17) is 5.21 Å². The fourth-order valence-electron chi connectivity index (χ4n) is 3.60. The summed E-state index contributed by atoms with van der Waals surface area (Å²) in [6.45, 7) is 6.37. The molecule has 4 nitrogen and oxygen atoms in total. The summed E-state index contributed by atoms with van der Waals surface area (Å²) >= 11 is 0. The number of aromatic nitrogens is 2. The van der Waals surface area contributed by atoms with Gasteiger partial charge in [0.2, 0.25) is 0 Å². The van der Waals surface area contributed by atoms with Gasteiger partial charge in [0.15, 0.2) is 0 Å². The molecule has 0 saturated heterocycles. The van der Waals surface area contributed by atoms with Gasteiger partial charge in [-0.1, -0.05) is 48.7 Å². The van der Waals surface area contributed by atoms with Gasteiger partial charge in [0, 0.05) is 0 Å². The highest BCUT2D eigenvalue weighted by Crippen LogP contribution is 2.34. The summed E-state index contributed by atoms with van der Waals surface area (Å²) < 4.78 is 2.00. The second-order valence-electron chi connectivity index (χ2n) is 7.74. The Balaban J connectivity index is 1.93. The molecule has 3 rings (SSSR count). The minimum atomic E-state index is -0.140. The van der Waals surface area contributed by atoms with Crippen LogP contribution in [-0.2, 0) is 5.54 Å². The molecule has 1 aromatic carbocycles. The Kier molecular flexibility index (Phi) is 4.74. The molecule has 0 aliphatic heterocycles. The lowest BCUT2D eigenvalue weighted by molar-refractivity contribution is 0.321. The Morgan fingerprint density at radius 1 is 1.12 bits per heavy atom. The van der Waals surface area contributed by atoms with Gasteiger partial charge in [-0.15, -0.1) is 0 Å². The van der Waals surface area contributed by atoms with Gasteiger partial charge < -0.3 is 5.21 Å². The average molecular weight is 325 g/mol. The minimum absolute atomic E-state index is 0.140. The fraction of sp³-hybridized carbons (Fsp3) is 0.500. The molecule has 0 bridgehead atoms. The summed E-state index contributed by atoms with van der Waals surface area (Å²) in [7, 11) is 0. The lowest BCUT2D eigenvalue weighted by Crippen LogP contribution is -2.24. The van der Waals surface area contributed by atoms with Crippen molar-refractivity contribution in [3.8, 4) is 11.3 Å². The molecule has 1 fully saturated rings. The van der Waals surface area contributed by atoms with E-state index in [1.807, 2.05) is 10.7 Å². The van der Waals surface area contributed by atoms with Crippen molar-refractivity contribution in [1.82, 2.24) is 9.78 Å². The molecule has 0 unspecified atom stereocenters. The van der Waals surface area contributed by atoms with Gasteiger partial charge in [0.05, 0.1) is 17.4 Å². The molecule has 1 aromatic heterocycles. The van der Waals surface area contributed by atoms with Crippen LogP contribution in [0.15, 0.2) is 35.5 Å². The monoisotopic (exact) mass is 325 g/mol. The maximum Gasteiger partial charge on any atom is 0.107 e. The molecule has 0 amide bonds. The van der Waals surface area contributed by atoms with E-state index >= 15 is 0 Å². The van der Waals surface area contributed by atoms with E-state index in [2.05, 4.69) is 55.3 Å². The fourth-order valence-corrected chi connectivity index (χ4v) is 3.60. The molecule has 1 aliphatic rings. The molecule has 1 aliphatic carbocycles. The molecular weight excluding hydrogens is 298 g/mol. The van der Waals surface area contributed by atoms with Crippen molar-refractivity contribution in [2.24, 2.45) is 5.16 Å². The Morgan fingerprint density at radius 3 is 2.38 bits per heavy atom. The van der Waals surface area contributed by atoms with Crippen molar-refractivity contribution >= 4 is 6.21 Å². The number of benzene rings is 1. The molecule has 0 radical (unpaired) electrons. The lowest BCUT2D eigenvalue weighted by Gasteiger charge is -2.24. The highest BCUT2D eigenvalue weighted by atomic mass is 16.4. The van der Waals surface area contributed by atoms with Crippen LogP contribution in [0.4, 0.5) is 0 Å². The standard InChI is InChI=1S/C20H27N3O/c1-20(2,3)23-19(13-18(22-23)14-21-24)17-11-9-16(10-12-17)15-7-5-4-6-8-15/h9-15,24H,4-8H2,1-3H3. The third-order valence-corrected chi connectivity index (χ3v) is 4.84. The smallest absolute Gasteiger partial charge is 0.107 e. The topological polar surface area (TPSA) is 50.4 Å². The second-order valence-corrected chi connectivity index (χ2v) is 7.74. The van der Waals surface area contributed by atoms with Crippen molar-refractivity contribution in [2.75, 3.05) is 0 Å². The van der Waals surface area contributed by atoms with Crippen molar-refractivity contribution in [3.05, 3.63) is 41.6 Å². The Labute approximate surface area is 144 Å². The molecule has 128 valence electrons. The molecular formula is C20H27N3O. The first-order chi connectivity index (χ1) is 11.5. The van der Waals surface area contributed by atoms with Crippen LogP contribution in [0.1, 0.15) is 70.1 Å². The van der Waals surface area contributed by atoms with Crippen LogP contribution >= 0.6 is 0 Å². The molecule has 0 spiro atoms. The van der Waals surface area contributed by atoms with E-state index in [0.717, 1.165) is 17.2 Å². The summed E-state index contributed by atoms with van der Waals surface area (Å²) in [4.78, 5) is 0. The highest BCUT2D eigenvalue weighted by Gasteiger charge is 2.21. The first-order valence-corrected chi connectivity index (χ1v) is 8.87. The van der Waals surface area contributed by atoms with E-state index in [-0.39, 0.29) is 5.54 Å². The van der Waals surface area contributed by atoms with E-state index in [9.17, 15) is 0 Å².